The highest BCUT2D eigenvalue weighted by Gasteiger charge is 1.93. The van der Waals surface area contributed by atoms with E-state index in [2.05, 4.69) is 11.1 Å². The number of nitrogens with two attached hydrogens (primary N) is 1. The lowest BCUT2D eigenvalue weighted by molar-refractivity contribution is 1.26. The lowest BCUT2D eigenvalue weighted by Gasteiger charge is -1.97. The van der Waals surface area contributed by atoms with Crippen LogP contribution in [0.4, 0.5) is 5.69 Å². The lowest BCUT2D eigenvalue weighted by atomic mass is 10.1. The van der Waals surface area contributed by atoms with Gasteiger partial charge in [0.05, 0.1) is 24.1 Å². The molecule has 0 spiro atoms. The van der Waals surface area contributed by atoms with Gasteiger partial charge in [-0.1, -0.05) is 12.1 Å². The minimum atomic E-state index is 0.222. The van der Waals surface area contributed by atoms with Gasteiger partial charge >= 0.3 is 0 Å². The Balaban J connectivity index is 2.79. The monoisotopic (exact) mass is 207 g/mol. The quantitative estimate of drug-likeness (QED) is 0.468. The highest BCUT2D eigenvalue weighted by Crippen LogP contribution is 2.13. The van der Waals surface area contributed by atoms with Gasteiger partial charge in [0.2, 0.25) is 0 Å². The summed E-state index contributed by atoms with van der Waals surface area (Å²) in [6.07, 6.45) is 0.412. The van der Waals surface area contributed by atoms with Crippen LogP contribution in [-0.2, 0) is 6.42 Å². The minimum absolute atomic E-state index is 0.222. The number of hydrogen-bond donors (Lipinski definition) is 1. The van der Waals surface area contributed by atoms with Crippen molar-refractivity contribution in [1.29, 1.82) is 5.26 Å². The normalized spacial score (nSPS) is 11.0. The van der Waals surface area contributed by atoms with Gasteiger partial charge in [-0.05, 0) is 17.7 Å². The van der Waals surface area contributed by atoms with Gasteiger partial charge in [0.25, 0.3) is 0 Å². The topological polar surface area (TPSA) is 62.2 Å². The summed E-state index contributed by atoms with van der Waals surface area (Å²) in [6.45, 7) is 0. The molecule has 0 unspecified atom stereocenters. The van der Waals surface area contributed by atoms with E-state index in [4.69, 9.17) is 22.6 Å². The molecule has 0 aliphatic heterocycles. The van der Waals surface area contributed by atoms with Crippen molar-refractivity contribution in [2.24, 2.45) is 10.7 Å². The average molecular weight is 208 g/mol. The van der Waals surface area contributed by atoms with Crippen molar-refractivity contribution in [1.82, 2.24) is 0 Å². The first-order chi connectivity index (χ1) is 6.76. The van der Waals surface area contributed by atoms with Crippen LogP contribution in [0.1, 0.15) is 5.56 Å². The van der Waals surface area contributed by atoms with Crippen molar-refractivity contribution in [3.63, 3.8) is 0 Å². The second kappa shape index (κ2) is 5.25. The van der Waals surface area contributed by atoms with Crippen LogP contribution in [0, 0.1) is 11.3 Å². The van der Waals surface area contributed by atoms with Crippen LogP contribution in [-0.4, -0.2) is 11.7 Å². The molecule has 0 atom stereocenters. The highest BCUT2D eigenvalue weighted by atomic mass is 35.5. The fourth-order valence-electron chi connectivity index (χ4n) is 0.975. The van der Waals surface area contributed by atoms with Crippen LogP contribution < -0.4 is 5.73 Å². The second-order valence-electron chi connectivity index (χ2n) is 2.74. The third kappa shape index (κ3) is 3.08. The molecule has 0 amide bonds. The Morgan fingerprint density at radius 3 is 2.57 bits per heavy atom. The van der Waals surface area contributed by atoms with Crippen molar-refractivity contribution >= 4 is 23.1 Å². The molecule has 0 radical (unpaired) electrons. The van der Waals surface area contributed by atoms with Crippen LogP contribution in [0.5, 0.6) is 0 Å². The molecule has 2 N–H and O–H groups in total. The Labute approximate surface area is 87.8 Å². The fraction of sp³-hybridized carbons (Fsp3) is 0.200. The smallest absolute Gasteiger partial charge is 0.115 e. The number of halogens is 1. The molecular weight excluding hydrogens is 198 g/mol. The molecule has 72 valence electrons. The molecule has 0 heterocycles. The van der Waals surface area contributed by atoms with E-state index in [9.17, 15) is 0 Å². The van der Waals surface area contributed by atoms with E-state index >= 15 is 0 Å². The summed E-state index contributed by atoms with van der Waals surface area (Å²) in [6, 6.07) is 9.40. The second-order valence-corrected chi connectivity index (χ2v) is 3.01. The molecule has 0 saturated carbocycles. The maximum absolute atomic E-state index is 8.46. The number of nitriles is 1. The number of aliphatic imine (C=N–C) groups is 1. The summed E-state index contributed by atoms with van der Waals surface area (Å²) in [5.74, 6) is 0.611. The molecule has 0 saturated heterocycles. The Morgan fingerprint density at radius 2 is 2.07 bits per heavy atom. The number of alkyl halides is 1. The van der Waals surface area contributed by atoms with Crippen LogP contribution >= 0.6 is 11.6 Å². The minimum Gasteiger partial charge on any atom is -0.386 e. The maximum Gasteiger partial charge on any atom is 0.115 e. The zero-order valence-electron chi connectivity index (χ0n) is 7.57. The van der Waals surface area contributed by atoms with Crippen molar-refractivity contribution in [2.75, 3.05) is 5.88 Å². The summed E-state index contributed by atoms with van der Waals surface area (Å²) in [5, 5.41) is 8.46. The van der Waals surface area contributed by atoms with Gasteiger partial charge in [0.1, 0.15) is 5.84 Å². The Bertz CT molecular complexity index is 362. The molecule has 0 fully saturated rings. The summed E-state index contributed by atoms with van der Waals surface area (Å²) in [5.41, 5.74) is 7.19. The molecule has 0 aromatic heterocycles. The molecule has 1 aromatic carbocycles. The standard InChI is InChI=1S/C10H10ClN3/c11-7-10(13)14-9-3-1-8(2-4-9)5-6-12/h1-4H,5,7H2,(H2,13,14). The number of nitrogens with zero attached hydrogens (tertiary/aromatic N) is 2. The van der Waals surface area contributed by atoms with Gasteiger partial charge in [-0.3, -0.25) is 0 Å². The van der Waals surface area contributed by atoms with E-state index < -0.39 is 0 Å². The average Bonchev–Trinajstić information content (AvgIpc) is 2.21. The summed E-state index contributed by atoms with van der Waals surface area (Å²) < 4.78 is 0. The number of rotatable bonds is 3. The molecule has 0 aliphatic carbocycles. The molecule has 1 aromatic rings. The fourth-order valence-corrected chi connectivity index (χ4v) is 1.04. The molecule has 1 rings (SSSR count). The molecule has 4 heteroatoms. The van der Waals surface area contributed by atoms with Gasteiger partial charge in [0, 0.05) is 0 Å². The summed E-state index contributed by atoms with van der Waals surface area (Å²) in [7, 11) is 0. The molecule has 0 aliphatic rings. The predicted octanol–water partition coefficient (Wildman–Crippen LogP) is 1.98. The van der Waals surface area contributed by atoms with Crippen molar-refractivity contribution < 1.29 is 0 Å². The van der Waals surface area contributed by atoms with E-state index in [1.165, 1.54) is 0 Å². The highest BCUT2D eigenvalue weighted by molar-refractivity contribution is 6.28. The molecule has 3 nitrogen and oxygen atoms in total. The first-order valence-electron chi connectivity index (χ1n) is 4.11. The predicted molar refractivity (Wildman–Crippen MR) is 57.8 cm³/mol. The number of amidine groups is 1. The van der Waals surface area contributed by atoms with E-state index in [0.717, 1.165) is 11.3 Å². The summed E-state index contributed by atoms with van der Waals surface area (Å²) in [4.78, 5) is 4.06. The number of benzene rings is 1. The van der Waals surface area contributed by atoms with Gasteiger partial charge < -0.3 is 5.73 Å². The van der Waals surface area contributed by atoms with E-state index in [1.807, 2.05) is 24.3 Å². The van der Waals surface area contributed by atoms with E-state index in [-0.39, 0.29) is 5.88 Å². The maximum atomic E-state index is 8.46. The molecule has 14 heavy (non-hydrogen) atoms. The first kappa shape index (κ1) is 10.6. The van der Waals surface area contributed by atoms with Crippen molar-refractivity contribution in [3.8, 4) is 6.07 Å². The number of hydrogen-bond acceptors (Lipinski definition) is 2. The third-order valence-corrected chi connectivity index (χ3v) is 1.90. The largest absolute Gasteiger partial charge is 0.386 e. The van der Waals surface area contributed by atoms with Gasteiger partial charge in [-0.2, -0.15) is 5.26 Å². The molecular formula is C10H10ClN3. The van der Waals surface area contributed by atoms with Crippen LogP contribution in [0.3, 0.4) is 0 Å². The third-order valence-electron chi connectivity index (χ3n) is 1.63. The zero-order chi connectivity index (χ0) is 10.4. The van der Waals surface area contributed by atoms with Gasteiger partial charge in [-0.15, -0.1) is 11.6 Å². The van der Waals surface area contributed by atoms with Crippen molar-refractivity contribution in [2.45, 2.75) is 6.42 Å². The van der Waals surface area contributed by atoms with Crippen molar-refractivity contribution in [3.05, 3.63) is 29.8 Å². The first-order valence-corrected chi connectivity index (χ1v) is 4.64. The lowest BCUT2D eigenvalue weighted by Crippen LogP contribution is -2.12. The van der Waals surface area contributed by atoms with Crippen LogP contribution in [0.2, 0.25) is 0 Å². The summed E-state index contributed by atoms with van der Waals surface area (Å²) >= 11 is 5.48. The zero-order valence-corrected chi connectivity index (χ0v) is 8.33. The van der Waals surface area contributed by atoms with Crippen LogP contribution in [0.25, 0.3) is 0 Å². The Hall–Kier alpha value is -1.53. The van der Waals surface area contributed by atoms with Crippen LogP contribution in [0.15, 0.2) is 29.3 Å². The Morgan fingerprint density at radius 1 is 1.43 bits per heavy atom. The Kier molecular flexibility index (Phi) is 3.96. The van der Waals surface area contributed by atoms with Gasteiger partial charge in [-0.25, -0.2) is 4.99 Å². The van der Waals surface area contributed by atoms with E-state index in [1.54, 1.807) is 0 Å². The van der Waals surface area contributed by atoms with E-state index in [0.29, 0.717) is 12.3 Å². The SMILES string of the molecule is N#CCc1ccc(N=C(N)CCl)cc1. The van der Waals surface area contributed by atoms with Gasteiger partial charge in [0.15, 0.2) is 0 Å². The molecule has 0 bridgehead atoms.